The molecule has 0 unspecified atom stereocenters. The number of rotatable bonds is 4. The van der Waals surface area contributed by atoms with Gasteiger partial charge in [0.2, 0.25) is 5.91 Å². The average molecular weight is 322 g/mol. The second-order valence-corrected chi connectivity index (χ2v) is 6.22. The molecule has 2 aromatic heterocycles. The first-order valence-corrected chi connectivity index (χ1v) is 8.04. The largest absolute Gasteiger partial charge is 0.472 e. The molecule has 6 nitrogen and oxygen atoms in total. The molecule has 1 aliphatic heterocycles. The standard InChI is InChI=1S/C15H18N2O4S/c1-10-7-21-13(6-18)5-17(10)14(19)4-12-9-22-15(16-12)11-2-3-20-8-11/h2-3,8-10,13,18H,4-7H2,1H3/t10-,13+/m1/s1. The van der Waals surface area contributed by atoms with Gasteiger partial charge in [0.1, 0.15) is 11.3 Å². The first kappa shape index (κ1) is 15.2. The molecule has 2 aromatic rings. The van der Waals surface area contributed by atoms with Crippen molar-refractivity contribution in [3.8, 4) is 10.6 Å². The number of aromatic nitrogens is 1. The molecule has 0 spiro atoms. The van der Waals surface area contributed by atoms with Crippen molar-refractivity contribution in [2.24, 2.45) is 0 Å². The van der Waals surface area contributed by atoms with Gasteiger partial charge < -0.3 is 19.2 Å². The van der Waals surface area contributed by atoms with E-state index in [0.29, 0.717) is 13.2 Å². The minimum absolute atomic E-state index is 0.0123. The lowest BCUT2D eigenvalue weighted by molar-refractivity contribution is -0.145. The number of nitrogens with zero attached hydrogens (tertiary/aromatic N) is 2. The van der Waals surface area contributed by atoms with Crippen molar-refractivity contribution in [2.45, 2.75) is 25.5 Å². The summed E-state index contributed by atoms with van der Waals surface area (Å²) in [7, 11) is 0. The van der Waals surface area contributed by atoms with Crippen LogP contribution in [0.25, 0.3) is 10.6 Å². The van der Waals surface area contributed by atoms with Crippen LogP contribution in [0, 0.1) is 0 Å². The normalized spacial score (nSPS) is 22.0. The third kappa shape index (κ3) is 3.21. The molecule has 0 aromatic carbocycles. The highest BCUT2D eigenvalue weighted by Gasteiger charge is 2.29. The zero-order valence-corrected chi connectivity index (χ0v) is 13.1. The van der Waals surface area contributed by atoms with Crippen LogP contribution >= 0.6 is 11.3 Å². The Hall–Kier alpha value is -1.70. The van der Waals surface area contributed by atoms with E-state index in [9.17, 15) is 9.90 Å². The van der Waals surface area contributed by atoms with Crippen LogP contribution in [0.5, 0.6) is 0 Å². The van der Waals surface area contributed by atoms with Gasteiger partial charge in [-0.25, -0.2) is 4.98 Å². The predicted molar refractivity (Wildman–Crippen MR) is 81.5 cm³/mol. The molecule has 3 rings (SSSR count). The van der Waals surface area contributed by atoms with E-state index in [-0.39, 0.29) is 31.1 Å². The third-order valence-corrected chi connectivity index (χ3v) is 4.62. The van der Waals surface area contributed by atoms with Crippen LogP contribution in [0.2, 0.25) is 0 Å². The monoisotopic (exact) mass is 322 g/mol. The number of hydrogen-bond acceptors (Lipinski definition) is 6. The highest BCUT2D eigenvalue weighted by molar-refractivity contribution is 7.13. The lowest BCUT2D eigenvalue weighted by atomic mass is 10.1. The Labute approximate surface area is 132 Å². The summed E-state index contributed by atoms with van der Waals surface area (Å²) < 4.78 is 10.5. The van der Waals surface area contributed by atoms with Gasteiger partial charge in [0.15, 0.2) is 0 Å². The third-order valence-electron chi connectivity index (χ3n) is 3.68. The molecule has 22 heavy (non-hydrogen) atoms. The van der Waals surface area contributed by atoms with Gasteiger partial charge in [-0.3, -0.25) is 4.79 Å². The van der Waals surface area contributed by atoms with Gasteiger partial charge in [-0.2, -0.15) is 0 Å². The average Bonchev–Trinajstić information content (AvgIpc) is 3.18. The molecule has 1 saturated heterocycles. The van der Waals surface area contributed by atoms with Crippen LogP contribution in [0.4, 0.5) is 0 Å². The Balaban J connectivity index is 1.66. The van der Waals surface area contributed by atoms with Gasteiger partial charge >= 0.3 is 0 Å². The number of thiazole rings is 1. The number of aliphatic hydroxyl groups excluding tert-OH is 1. The van der Waals surface area contributed by atoms with Crippen molar-refractivity contribution >= 4 is 17.2 Å². The van der Waals surface area contributed by atoms with Gasteiger partial charge in [0, 0.05) is 17.5 Å². The molecule has 7 heteroatoms. The van der Waals surface area contributed by atoms with Crippen LogP contribution < -0.4 is 0 Å². The zero-order valence-electron chi connectivity index (χ0n) is 12.3. The van der Waals surface area contributed by atoms with Gasteiger partial charge in [0.25, 0.3) is 0 Å². The predicted octanol–water partition coefficient (Wildman–Crippen LogP) is 1.55. The molecule has 0 radical (unpaired) electrons. The summed E-state index contributed by atoms with van der Waals surface area (Å²) in [4.78, 5) is 18.7. The second-order valence-electron chi connectivity index (χ2n) is 5.37. The fourth-order valence-electron chi connectivity index (χ4n) is 2.44. The van der Waals surface area contributed by atoms with Gasteiger partial charge in [-0.15, -0.1) is 11.3 Å². The molecular weight excluding hydrogens is 304 g/mol. The Morgan fingerprint density at radius 3 is 3.18 bits per heavy atom. The quantitative estimate of drug-likeness (QED) is 0.924. The molecule has 0 aliphatic carbocycles. The van der Waals surface area contributed by atoms with Gasteiger partial charge in [0.05, 0.1) is 43.7 Å². The smallest absolute Gasteiger partial charge is 0.229 e. The van der Waals surface area contributed by atoms with Crippen LogP contribution in [0.15, 0.2) is 28.4 Å². The zero-order chi connectivity index (χ0) is 15.5. The number of ether oxygens (including phenoxy) is 1. The maximum Gasteiger partial charge on any atom is 0.229 e. The summed E-state index contributed by atoms with van der Waals surface area (Å²) in [5.41, 5.74) is 1.68. The maximum absolute atomic E-state index is 12.5. The number of hydrogen-bond donors (Lipinski definition) is 1. The summed E-state index contributed by atoms with van der Waals surface area (Å²) in [6.07, 6.45) is 3.21. The number of carbonyl (C=O) groups is 1. The summed E-state index contributed by atoms with van der Waals surface area (Å²) in [5.74, 6) is 0.0123. The number of carbonyl (C=O) groups excluding carboxylic acids is 1. The maximum atomic E-state index is 12.5. The SMILES string of the molecule is C[C@@H]1CO[C@H](CO)CN1C(=O)Cc1csc(-c2ccoc2)n1. The molecule has 1 fully saturated rings. The lowest BCUT2D eigenvalue weighted by Crippen LogP contribution is -2.52. The van der Waals surface area contributed by atoms with Crippen LogP contribution in [0.1, 0.15) is 12.6 Å². The minimum Gasteiger partial charge on any atom is -0.472 e. The fourth-order valence-corrected chi connectivity index (χ4v) is 3.24. The van der Waals surface area contributed by atoms with Crippen LogP contribution in [-0.2, 0) is 16.0 Å². The molecular formula is C15H18N2O4S. The van der Waals surface area contributed by atoms with Gasteiger partial charge in [-0.1, -0.05) is 0 Å². The van der Waals surface area contributed by atoms with Crippen molar-refractivity contribution < 1.29 is 19.1 Å². The Bertz CT molecular complexity index is 625. The molecule has 1 aliphatic rings. The molecule has 3 heterocycles. The van der Waals surface area contributed by atoms with E-state index in [2.05, 4.69) is 4.98 Å². The molecule has 0 bridgehead atoms. The fraction of sp³-hybridized carbons (Fsp3) is 0.467. The molecule has 2 atom stereocenters. The Kier molecular flexibility index (Phi) is 4.56. The topological polar surface area (TPSA) is 75.8 Å². The molecule has 1 N–H and O–H groups in total. The van der Waals surface area contributed by atoms with Crippen LogP contribution in [-0.4, -0.2) is 52.8 Å². The summed E-state index contributed by atoms with van der Waals surface area (Å²) in [6.45, 7) is 2.75. The van der Waals surface area contributed by atoms with Crippen molar-refractivity contribution in [3.63, 3.8) is 0 Å². The summed E-state index contributed by atoms with van der Waals surface area (Å²) in [6, 6.07) is 1.86. The van der Waals surface area contributed by atoms with E-state index in [4.69, 9.17) is 9.15 Å². The Morgan fingerprint density at radius 1 is 1.59 bits per heavy atom. The minimum atomic E-state index is -0.294. The van der Waals surface area contributed by atoms with Crippen molar-refractivity contribution in [1.82, 2.24) is 9.88 Å². The van der Waals surface area contributed by atoms with Crippen LogP contribution in [0.3, 0.4) is 0 Å². The van der Waals surface area contributed by atoms with E-state index in [1.165, 1.54) is 11.3 Å². The second kappa shape index (κ2) is 6.60. The van der Waals surface area contributed by atoms with E-state index < -0.39 is 0 Å². The van der Waals surface area contributed by atoms with Crippen molar-refractivity contribution in [1.29, 1.82) is 0 Å². The van der Waals surface area contributed by atoms with Crippen molar-refractivity contribution in [3.05, 3.63) is 29.7 Å². The van der Waals surface area contributed by atoms with E-state index in [0.717, 1.165) is 16.3 Å². The van der Waals surface area contributed by atoms with E-state index in [1.807, 2.05) is 18.4 Å². The number of aliphatic hydroxyl groups is 1. The number of morpholine rings is 1. The van der Waals surface area contributed by atoms with E-state index in [1.54, 1.807) is 17.4 Å². The summed E-state index contributed by atoms with van der Waals surface area (Å²) in [5, 5.41) is 11.9. The first-order chi connectivity index (χ1) is 10.7. The molecule has 118 valence electrons. The highest BCUT2D eigenvalue weighted by atomic mass is 32.1. The molecule has 1 amide bonds. The van der Waals surface area contributed by atoms with Crippen molar-refractivity contribution in [2.75, 3.05) is 19.8 Å². The Morgan fingerprint density at radius 2 is 2.45 bits per heavy atom. The highest BCUT2D eigenvalue weighted by Crippen LogP contribution is 2.24. The number of amides is 1. The first-order valence-electron chi connectivity index (χ1n) is 7.16. The number of furan rings is 1. The van der Waals surface area contributed by atoms with Gasteiger partial charge in [-0.05, 0) is 13.0 Å². The summed E-state index contributed by atoms with van der Waals surface area (Å²) >= 11 is 1.50. The molecule has 0 saturated carbocycles. The van der Waals surface area contributed by atoms with E-state index >= 15 is 0 Å². The lowest BCUT2D eigenvalue weighted by Gasteiger charge is -2.37.